The van der Waals surface area contributed by atoms with Gasteiger partial charge in [-0.2, -0.15) is 0 Å². The molecule has 0 spiro atoms. The molecule has 0 aromatic heterocycles. The van der Waals surface area contributed by atoms with Crippen molar-refractivity contribution in [3.63, 3.8) is 0 Å². The molecular formula is C12H21NO5. The number of ether oxygens (including phenoxy) is 2. The molecule has 1 saturated carbocycles. The second-order valence-electron chi connectivity index (χ2n) is 5.60. The van der Waals surface area contributed by atoms with Crippen LogP contribution in [0.3, 0.4) is 0 Å². The van der Waals surface area contributed by atoms with E-state index in [-0.39, 0.29) is 6.42 Å². The summed E-state index contributed by atoms with van der Waals surface area (Å²) in [6.45, 7) is 5.21. The lowest BCUT2D eigenvalue weighted by Gasteiger charge is -2.29. The van der Waals surface area contributed by atoms with E-state index in [9.17, 15) is 14.7 Å². The Bertz CT molecular complexity index is 336. The van der Waals surface area contributed by atoms with Crippen LogP contribution in [-0.4, -0.2) is 41.5 Å². The first-order valence-corrected chi connectivity index (χ1v) is 5.96. The Morgan fingerprint density at radius 1 is 1.39 bits per heavy atom. The van der Waals surface area contributed by atoms with E-state index in [1.54, 1.807) is 20.8 Å². The van der Waals surface area contributed by atoms with Crippen molar-refractivity contribution in [2.24, 2.45) is 0 Å². The zero-order valence-electron chi connectivity index (χ0n) is 11.3. The van der Waals surface area contributed by atoms with E-state index in [0.29, 0.717) is 12.8 Å². The van der Waals surface area contributed by atoms with Crippen LogP contribution in [0.1, 0.15) is 40.0 Å². The molecule has 0 heterocycles. The molecule has 2 atom stereocenters. The fourth-order valence-electron chi connectivity index (χ4n) is 2.06. The predicted octanol–water partition coefficient (Wildman–Crippen LogP) is 0.968. The molecule has 6 nitrogen and oxygen atoms in total. The molecule has 18 heavy (non-hydrogen) atoms. The van der Waals surface area contributed by atoms with Gasteiger partial charge in [0.1, 0.15) is 11.1 Å². The van der Waals surface area contributed by atoms with Gasteiger partial charge in [-0.1, -0.05) is 0 Å². The first kappa shape index (κ1) is 14.8. The average molecular weight is 259 g/mol. The summed E-state index contributed by atoms with van der Waals surface area (Å²) in [6.07, 6.45) is -0.342. The Balaban J connectivity index is 2.75. The summed E-state index contributed by atoms with van der Waals surface area (Å²) in [7, 11) is 1.26. The topological polar surface area (TPSA) is 84.9 Å². The molecule has 0 radical (unpaired) electrons. The highest BCUT2D eigenvalue weighted by Crippen LogP contribution is 2.31. The minimum Gasteiger partial charge on any atom is -0.467 e. The van der Waals surface area contributed by atoms with Gasteiger partial charge in [0.2, 0.25) is 0 Å². The fourth-order valence-corrected chi connectivity index (χ4v) is 2.06. The highest BCUT2D eigenvalue weighted by molar-refractivity contribution is 5.86. The summed E-state index contributed by atoms with van der Waals surface area (Å²) in [5.74, 6) is -0.551. The summed E-state index contributed by atoms with van der Waals surface area (Å²) in [6, 6.07) is 0. The fraction of sp³-hybridized carbons (Fsp3) is 0.833. The van der Waals surface area contributed by atoms with E-state index in [2.05, 4.69) is 5.32 Å². The van der Waals surface area contributed by atoms with Gasteiger partial charge in [0, 0.05) is 6.42 Å². The maximum absolute atomic E-state index is 11.8. The molecule has 0 bridgehead atoms. The number of aliphatic hydroxyl groups excluding tert-OH is 1. The number of hydrogen-bond acceptors (Lipinski definition) is 5. The molecule has 0 saturated heterocycles. The van der Waals surface area contributed by atoms with Crippen LogP contribution < -0.4 is 5.32 Å². The molecular weight excluding hydrogens is 238 g/mol. The molecule has 0 aromatic rings. The first-order valence-electron chi connectivity index (χ1n) is 5.96. The smallest absolute Gasteiger partial charge is 0.408 e. The molecule has 6 heteroatoms. The summed E-state index contributed by atoms with van der Waals surface area (Å²) in [4.78, 5) is 23.5. The summed E-state index contributed by atoms with van der Waals surface area (Å²) >= 11 is 0. The van der Waals surface area contributed by atoms with E-state index < -0.39 is 29.3 Å². The maximum atomic E-state index is 11.8. The lowest BCUT2D eigenvalue weighted by molar-refractivity contribution is -0.148. The van der Waals surface area contributed by atoms with Crippen molar-refractivity contribution in [2.45, 2.75) is 57.3 Å². The normalized spacial score (nSPS) is 27.7. The van der Waals surface area contributed by atoms with Crippen molar-refractivity contribution in [2.75, 3.05) is 7.11 Å². The molecule has 1 fully saturated rings. The number of carbonyl (C=O) groups excluding carboxylic acids is 2. The molecule has 2 N–H and O–H groups in total. The van der Waals surface area contributed by atoms with Gasteiger partial charge in [-0.3, -0.25) is 0 Å². The van der Waals surface area contributed by atoms with Gasteiger partial charge in [0.15, 0.2) is 0 Å². The second kappa shape index (κ2) is 5.14. The highest BCUT2D eigenvalue weighted by Gasteiger charge is 2.47. The van der Waals surface area contributed by atoms with Gasteiger partial charge in [0.05, 0.1) is 13.2 Å². The van der Waals surface area contributed by atoms with Gasteiger partial charge in [-0.05, 0) is 33.6 Å². The maximum Gasteiger partial charge on any atom is 0.408 e. The molecule has 1 aliphatic rings. The van der Waals surface area contributed by atoms with Gasteiger partial charge >= 0.3 is 12.1 Å². The standard InChI is InChI=1S/C12H21NO5/c1-11(2,3)18-10(16)13-12(9(15)17-4)6-5-8(14)7-12/h8,14H,5-7H2,1-4H3,(H,13,16)/t8-,12+/m1/s1. The number of alkyl carbamates (subject to hydrolysis) is 1. The van der Waals surface area contributed by atoms with E-state index in [1.165, 1.54) is 7.11 Å². The third kappa shape index (κ3) is 3.60. The number of methoxy groups -OCH3 is 1. The van der Waals surface area contributed by atoms with Crippen molar-refractivity contribution >= 4 is 12.1 Å². The summed E-state index contributed by atoms with van der Waals surface area (Å²) < 4.78 is 9.81. The van der Waals surface area contributed by atoms with E-state index in [0.717, 1.165) is 0 Å². The third-order valence-corrected chi connectivity index (χ3v) is 2.80. The van der Waals surface area contributed by atoms with Crippen LogP contribution >= 0.6 is 0 Å². The number of amides is 1. The van der Waals surface area contributed by atoms with Crippen molar-refractivity contribution in [3.05, 3.63) is 0 Å². The van der Waals surface area contributed by atoms with Crippen LogP contribution in [0.15, 0.2) is 0 Å². The number of esters is 1. The van der Waals surface area contributed by atoms with Crippen LogP contribution in [0, 0.1) is 0 Å². The minimum atomic E-state index is -1.17. The molecule has 1 rings (SSSR count). The van der Waals surface area contributed by atoms with E-state index in [1.807, 2.05) is 0 Å². The molecule has 104 valence electrons. The molecule has 1 amide bonds. The van der Waals surface area contributed by atoms with Crippen LogP contribution in [-0.2, 0) is 14.3 Å². The van der Waals surface area contributed by atoms with Gasteiger partial charge in [-0.25, -0.2) is 9.59 Å². The molecule has 0 aromatic carbocycles. The van der Waals surface area contributed by atoms with Gasteiger partial charge in [0.25, 0.3) is 0 Å². The van der Waals surface area contributed by atoms with Crippen molar-refractivity contribution in [3.8, 4) is 0 Å². The largest absolute Gasteiger partial charge is 0.467 e. The van der Waals surface area contributed by atoms with Crippen LogP contribution in [0.5, 0.6) is 0 Å². The van der Waals surface area contributed by atoms with E-state index in [4.69, 9.17) is 9.47 Å². The Morgan fingerprint density at radius 2 is 2.00 bits per heavy atom. The third-order valence-electron chi connectivity index (χ3n) is 2.80. The number of rotatable bonds is 2. The van der Waals surface area contributed by atoms with Gasteiger partial charge in [-0.15, -0.1) is 0 Å². The van der Waals surface area contributed by atoms with Crippen LogP contribution in [0.25, 0.3) is 0 Å². The molecule has 0 unspecified atom stereocenters. The summed E-state index contributed by atoms with van der Waals surface area (Å²) in [5.41, 5.74) is -1.81. The van der Waals surface area contributed by atoms with Crippen molar-refractivity contribution in [1.82, 2.24) is 5.32 Å². The van der Waals surface area contributed by atoms with Crippen molar-refractivity contribution < 1.29 is 24.2 Å². The quantitative estimate of drug-likeness (QED) is 0.722. The van der Waals surface area contributed by atoms with Crippen LogP contribution in [0.4, 0.5) is 4.79 Å². The Labute approximate surface area is 107 Å². The average Bonchev–Trinajstić information content (AvgIpc) is 2.57. The monoisotopic (exact) mass is 259 g/mol. The lowest BCUT2D eigenvalue weighted by Crippen LogP contribution is -2.54. The minimum absolute atomic E-state index is 0.152. The SMILES string of the molecule is COC(=O)[C@]1(NC(=O)OC(C)(C)C)CC[C@@H](O)C1. The number of hydrogen-bond donors (Lipinski definition) is 2. The summed E-state index contributed by atoms with van der Waals surface area (Å²) in [5, 5.41) is 12.1. The second-order valence-corrected chi connectivity index (χ2v) is 5.60. The van der Waals surface area contributed by atoms with Crippen LogP contribution in [0.2, 0.25) is 0 Å². The van der Waals surface area contributed by atoms with Crippen molar-refractivity contribution in [1.29, 1.82) is 0 Å². The number of aliphatic hydroxyl groups is 1. The highest BCUT2D eigenvalue weighted by atomic mass is 16.6. The van der Waals surface area contributed by atoms with E-state index >= 15 is 0 Å². The molecule has 0 aliphatic heterocycles. The predicted molar refractivity (Wildman–Crippen MR) is 64.0 cm³/mol. The Kier molecular flexibility index (Phi) is 4.21. The zero-order chi connectivity index (χ0) is 14.0. The Hall–Kier alpha value is -1.30. The van der Waals surface area contributed by atoms with Gasteiger partial charge < -0.3 is 19.9 Å². The first-order chi connectivity index (χ1) is 8.18. The molecule has 1 aliphatic carbocycles. The Morgan fingerprint density at radius 3 is 2.39 bits per heavy atom. The number of carbonyl (C=O) groups is 2. The number of nitrogens with one attached hydrogen (secondary N) is 1. The zero-order valence-corrected chi connectivity index (χ0v) is 11.3. The lowest BCUT2D eigenvalue weighted by atomic mass is 9.98.